The maximum absolute atomic E-state index is 8.35. The Hall–Kier alpha value is -0.950. The van der Waals surface area contributed by atoms with Gasteiger partial charge in [-0.15, -0.1) is 12.3 Å². The molecule has 15 heavy (non-hydrogen) atoms. The molecule has 0 atom stereocenters. The van der Waals surface area contributed by atoms with Crippen molar-refractivity contribution in [3.63, 3.8) is 0 Å². The van der Waals surface area contributed by atoms with Crippen LogP contribution in [0.25, 0.3) is 0 Å². The standard InChI is InChI=1S/C14H23N/c1-2-3-4-5-6-7-8-9-10-11-12-13-14-15/h1H,3-13H2. The topological polar surface area (TPSA) is 23.8 Å². The van der Waals surface area contributed by atoms with Crippen LogP contribution in [0.4, 0.5) is 0 Å². The van der Waals surface area contributed by atoms with Gasteiger partial charge in [-0.25, -0.2) is 0 Å². The number of hydrogen-bond donors (Lipinski definition) is 0. The fourth-order valence-electron chi connectivity index (χ4n) is 1.67. The fraction of sp³-hybridized carbons (Fsp3) is 0.786. The Kier molecular flexibility index (Phi) is 12.2. The van der Waals surface area contributed by atoms with Crippen LogP contribution < -0.4 is 0 Å². The van der Waals surface area contributed by atoms with Crippen LogP contribution in [0.3, 0.4) is 0 Å². The Balaban J connectivity index is 2.88. The third kappa shape index (κ3) is 13.1. The van der Waals surface area contributed by atoms with Gasteiger partial charge in [0, 0.05) is 12.8 Å². The molecule has 1 nitrogen and oxygen atoms in total. The molecule has 0 amide bonds. The summed E-state index contributed by atoms with van der Waals surface area (Å²) in [5.41, 5.74) is 0. The van der Waals surface area contributed by atoms with Crippen molar-refractivity contribution in [3.8, 4) is 18.4 Å². The molecule has 84 valence electrons. The van der Waals surface area contributed by atoms with Crippen molar-refractivity contribution in [2.45, 2.75) is 70.6 Å². The summed E-state index contributed by atoms with van der Waals surface area (Å²) in [5, 5.41) is 8.35. The van der Waals surface area contributed by atoms with Crippen molar-refractivity contribution >= 4 is 0 Å². The second-order valence-electron chi connectivity index (χ2n) is 4.04. The monoisotopic (exact) mass is 205 g/mol. The van der Waals surface area contributed by atoms with Crippen molar-refractivity contribution in [2.75, 3.05) is 0 Å². The minimum Gasteiger partial charge on any atom is -0.198 e. The molecule has 0 aliphatic carbocycles. The second-order valence-corrected chi connectivity index (χ2v) is 4.04. The SMILES string of the molecule is C#CCCCCCCCCCCCC#N. The minimum atomic E-state index is 0.728. The van der Waals surface area contributed by atoms with Crippen LogP contribution >= 0.6 is 0 Å². The van der Waals surface area contributed by atoms with Gasteiger partial charge in [-0.3, -0.25) is 0 Å². The van der Waals surface area contributed by atoms with E-state index in [-0.39, 0.29) is 0 Å². The lowest BCUT2D eigenvalue weighted by atomic mass is 10.1. The van der Waals surface area contributed by atoms with Gasteiger partial charge in [0.1, 0.15) is 0 Å². The van der Waals surface area contributed by atoms with Crippen LogP contribution in [0.5, 0.6) is 0 Å². The van der Waals surface area contributed by atoms with Crippen molar-refractivity contribution in [2.24, 2.45) is 0 Å². The summed E-state index contributed by atoms with van der Waals surface area (Å²) in [6, 6.07) is 2.18. The van der Waals surface area contributed by atoms with Gasteiger partial charge < -0.3 is 0 Å². The summed E-state index contributed by atoms with van der Waals surface area (Å²) >= 11 is 0. The number of unbranched alkanes of at least 4 members (excludes halogenated alkanes) is 10. The highest BCUT2D eigenvalue weighted by molar-refractivity contribution is 4.82. The molecular formula is C14H23N. The second kappa shape index (κ2) is 13.1. The highest BCUT2D eigenvalue weighted by atomic mass is 14.2. The third-order valence-electron chi connectivity index (χ3n) is 2.61. The number of rotatable bonds is 10. The van der Waals surface area contributed by atoms with Gasteiger partial charge >= 0.3 is 0 Å². The Morgan fingerprint density at radius 1 is 0.667 bits per heavy atom. The first-order valence-electron chi connectivity index (χ1n) is 6.22. The molecule has 0 N–H and O–H groups in total. The molecule has 1 heteroatoms. The Morgan fingerprint density at radius 2 is 1.07 bits per heavy atom. The summed E-state index contributed by atoms with van der Waals surface area (Å²) in [4.78, 5) is 0. The number of terminal acetylenes is 1. The van der Waals surface area contributed by atoms with Gasteiger partial charge in [-0.1, -0.05) is 44.9 Å². The highest BCUT2D eigenvalue weighted by Crippen LogP contribution is 2.10. The quantitative estimate of drug-likeness (QED) is 0.382. The van der Waals surface area contributed by atoms with Crippen molar-refractivity contribution in [1.82, 2.24) is 0 Å². The average Bonchev–Trinajstić information content (AvgIpc) is 2.26. The summed E-state index contributed by atoms with van der Waals surface area (Å²) < 4.78 is 0. The van der Waals surface area contributed by atoms with Crippen LogP contribution in [0.15, 0.2) is 0 Å². The van der Waals surface area contributed by atoms with Crippen molar-refractivity contribution in [1.29, 1.82) is 5.26 Å². The van der Waals surface area contributed by atoms with Crippen molar-refractivity contribution < 1.29 is 0 Å². The molecule has 0 bridgehead atoms. The molecule has 0 fully saturated rings. The molecule has 0 unspecified atom stereocenters. The van der Waals surface area contributed by atoms with E-state index in [1.165, 1.54) is 51.4 Å². The van der Waals surface area contributed by atoms with Gasteiger partial charge in [0.05, 0.1) is 6.07 Å². The lowest BCUT2D eigenvalue weighted by molar-refractivity contribution is 0.563. The molecule has 0 saturated heterocycles. The molecule has 0 aliphatic heterocycles. The lowest BCUT2D eigenvalue weighted by Gasteiger charge is -2.00. The first kappa shape index (κ1) is 14.1. The zero-order valence-electron chi connectivity index (χ0n) is 9.80. The minimum absolute atomic E-state index is 0.728. The van der Waals surface area contributed by atoms with Crippen LogP contribution in [-0.4, -0.2) is 0 Å². The van der Waals surface area contributed by atoms with E-state index < -0.39 is 0 Å². The van der Waals surface area contributed by atoms with E-state index in [1.807, 2.05) is 0 Å². The Morgan fingerprint density at radius 3 is 1.47 bits per heavy atom. The summed E-state index contributed by atoms with van der Waals surface area (Å²) in [6.45, 7) is 0. The maximum Gasteiger partial charge on any atom is 0.0621 e. The molecule has 0 radical (unpaired) electrons. The lowest BCUT2D eigenvalue weighted by Crippen LogP contribution is -1.81. The largest absolute Gasteiger partial charge is 0.198 e. The number of nitriles is 1. The molecule has 0 aromatic rings. The van der Waals surface area contributed by atoms with E-state index in [2.05, 4.69) is 12.0 Å². The van der Waals surface area contributed by atoms with Gasteiger partial charge in [0.2, 0.25) is 0 Å². The molecule has 0 aromatic carbocycles. The van der Waals surface area contributed by atoms with E-state index >= 15 is 0 Å². The highest BCUT2D eigenvalue weighted by Gasteiger charge is 1.92. The molecule has 0 heterocycles. The van der Waals surface area contributed by atoms with Crippen molar-refractivity contribution in [3.05, 3.63) is 0 Å². The Labute approximate surface area is 94.9 Å². The molecule has 0 saturated carbocycles. The fourth-order valence-corrected chi connectivity index (χ4v) is 1.67. The van der Waals surface area contributed by atoms with Crippen LogP contribution in [0.2, 0.25) is 0 Å². The van der Waals surface area contributed by atoms with Gasteiger partial charge in [-0.05, 0) is 12.8 Å². The average molecular weight is 205 g/mol. The number of hydrogen-bond acceptors (Lipinski definition) is 1. The Bertz CT molecular complexity index is 172. The van der Waals surface area contributed by atoms with Crippen LogP contribution in [-0.2, 0) is 0 Å². The van der Waals surface area contributed by atoms with Gasteiger partial charge in [-0.2, -0.15) is 5.26 Å². The summed E-state index contributed by atoms with van der Waals surface area (Å²) in [5.74, 6) is 2.67. The molecular weight excluding hydrogens is 182 g/mol. The van der Waals surface area contributed by atoms with E-state index in [0.717, 1.165) is 19.3 Å². The molecule has 0 aromatic heterocycles. The first-order valence-corrected chi connectivity index (χ1v) is 6.22. The zero-order valence-corrected chi connectivity index (χ0v) is 9.80. The normalized spacial score (nSPS) is 9.47. The van der Waals surface area contributed by atoms with E-state index in [1.54, 1.807) is 0 Å². The summed E-state index contributed by atoms with van der Waals surface area (Å²) in [7, 11) is 0. The zero-order chi connectivity index (χ0) is 11.2. The molecule has 0 spiro atoms. The first-order chi connectivity index (χ1) is 7.41. The van der Waals surface area contributed by atoms with E-state index in [4.69, 9.17) is 11.7 Å². The van der Waals surface area contributed by atoms with Gasteiger partial charge in [0.25, 0.3) is 0 Å². The summed E-state index contributed by atoms with van der Waals surface area (Å²) in [6.07, 6.45) is 18.3. The maximum atomic E-state index is 8.35. The predicted octanol–water partition coefficient (Wildman–Crippen LogP) is 4.43. The van der Waals surface area contributed by atoms with E-state index in [9.17, 15) is 0 Å². The van der Waals surface area contributed by atoms with Crippen LogP contribution in [0, 0.1) is 23.7 Å². The molecule has 0 aliphatic rings. The number of nitrogens with zero attached hydrogens (tertiary/aromatic N) is 1. The predicted molar refractivity (Wildman–Crippen MR) is 65.2 cm³/mol. The third-order valence-corrected chi connectivity index (χ3v) is 2.61. The van der Waals surface area contributed by atoms with Gasteiger partial charge in [0.15, 0.2) is 0 Å². The van der Waals surface area contributed by atoms with Crippen LogP contribution in [0.1, 0.15) is 70.6 Å². The smallest absolute Gasteiger partial charge is 0.0621 e. The van der Waals surface area contributed by atoms with E-state index in [0.29, 0.717) is 0 Å². The molecule has 0 rings (SSSR count).